The van der Waals surface area contributed by atoms with Crippen LogP contribution in [0.25, 0.3) is 0 Å². The van der Waals surface area contributed by atoms with Gasteiger partial charge in [-0.1, -0.05) is 35.9 Å². The highest BCUT2D eigenvalue weighted by Crippen LogP contribution is 2.35. The molecule has 2 amide bonds. The highest BCUT2D eigenvalue weighted by molar-refractivity contribution is 6.34. The van der Waals surface area contributed by atoms with Gasteiger partial charge in [0.05, 0.1) is 22.0 Å². The van der Waals surface area contributed by atoms with Gasteiger partial charge in [0.15, 0.2) is 0 Å². The normalized spacial score (nSPS) is 10.1. The van der Waals surface area contributed by atoms with E-state index in [2.05, 4.69) is 0 Å². The Bertz CT molecular complexity index is 650. The molecule has 5 heteroatoms. The molecule has 0 atom stereocenters. The summed E-state index contributed by atoms with van der Waals surface area (Å²) in [4.78, 5) is 24.1. The Hall–Kier alpha value is -2.33. The molecule has 2 aromatic carbocycles. The standard InChI is InChI=1S/C15H12ClN2O2/c1-10-5-4-7-12(16)14(10)18(15(17)20)13-8-3-2-6-11(13)9-19/h2-8H,1H3,(H2,17,20). The lowest BCUT2D eigenvalue weighted by atomic mass is 10.1. The minimum Gasteiger partial charge on any atom is -0.351 e. The lowest BCUT2D eigenvalue weighted by Crippen LogP contribution is -2.33. The van der Waals surface area contributed by atoms with Crippen molar-refractivity contribution in [2.75, 3.05) is 4.90 Å². The van der Waals surface area contributed by atoms with E-state index in [-0.39, 0.29) is 5.56 Å². The number of halogens is 1. The van der Waals surface area contributed by atoms with Gasteiger partial charge >= 0.3 is 6.03 Å². The highest BCUT2D eigenvalue weighted by atomic mass is 35.5. The van der Waals surface area contributed by atoms with Gasteiger partial charge in [0.25, 0.3) is 0 Å². The smallest absolute Gasteiger partial charge is 0.323 e. The molecular weight excluding hydrogens is 276 g/mol. The van der Waals surface area contributed by atoms with E-state index in [1.54, 1.807) is 42.7 Å². The zero-order chi connectivity index (χ0) is 14.7. The summed E-state index contributed by atoms with van der Waals surface area (Å²) in [5.74, 6) is 0. The van der Waals surface area contributed by atoms with Crippen molar-refractivity contribution in [3.05, 3.63) is 58.6 Å². The molecule has 0 heterocycles. The van der Waals surface area contributed by atoms with Crippen LogP contribution in [0.5, 0.6) is 0 Å². The third kappa shape index (κ3) is 2.51. The Morgan fingerprint density at radius 2 is 1.90 bits per heavy atom. The molecule has 2 N–H and O–H groups in total. The van der Waals surface area contributed by atoms with Gasteiger partial charge in [-0.3, -0.25) is 9.69 Å². The van der Waals surface area contributed by atoms with Crippen molar-refractivity contribution >= 4 is 35.3 Å². The summed E-state index contributed by atoms with van der Waals surface area (Å²) in [7, 11) is 0. The van der Waals surface area contributed by atoms with Crippen molar-refractivity contribution in [3.8, 4) is 0 Å². The number of hydrogen-bond donors (Lipinski definition) is 1. The van der Waals surface area contributed by atoms with Crippen LogP contribution in [0.1, 0.15) is 11.1 Å². The van der Waals surface area contributed by atoms with Crippen LogP contribution in [0.4, 0.5) is 16.2 Å². The average Bonchev–Trinajstić information content (AvgIpc) is 2.42. The van der Waals surface area contributed by atoms with Gasteiger partial charge in [-0.05, 0) is 30.7 Å². The zero-order valence-corrected chi connectivity index (χ0v) is 11.5. The predicted octanol–water partition coefficient (Wildman–Crippen LogP) is 3.32. The van der Waals surface area contributed by atoms with Crippen LogP contribution in [-0.4, -0.2) is 12.3 Å². The van der Waals surface area contributed by atoms with Gasteiger partial charge in [0.1, 0.15) is 0 Å². The van der Waals surface area contributed by atoms with Crippen molar-refractivity contribution in [2.45, 2.75) is 6.92 Å². The largest absolute Gasteiger partial charge is 0.351 e. The second-order valence-corrected chi connectivity index (χ2v) is 4.61. The van der Waals surface area contributed by atoms with Crippen LogP contribution < -0.4 is 10.6 Å². The first-order valence-electron chi connectivity index (χ1n) is 5.88. The summed E-state index contributed by atoms with van der Waals surface area (Å²) < 4.78 is 0. The molecule has 0 aliphatic heterocycles. The van der Waals surface area contributed by atoms with Gasteiger partial charge < -0.3 is 5.73 Å². The fourth-order valence-electron chi connectivity index (χ4n) is 2.01. The molecule has 0 bridgehead atoms. The maximum absolute atomic E-state index is 11.8. The van der Waals surface area contributed by atoms with Crippen molar-refractivity contribution in [2.24, 2.45) is 5.73 Å². The van der Waals surface area contributed by atoms with Gasteiger partial charge in [-0.15, -0.1) is 0 Å². The molecule has 0 saturated heterocycles. The third-order valence-electron chi connectivity index (χ3n) is 2.89. The number of carbonyl (C=O) groups is 1. The number of nitrogens with two attached hydrogens (primary N) is 1. The summed E-state index contributed by atoms with van der Waals surface area (Å²) in [5, 5.41) is 0.379. The maximum atomic E-state index is 11.8. The molecular formula is C15H12ClN2O2. The third-order valence-corrected chi connectivity index (χ3v) is 3.19. The monoisotopic (exact) mass is 287 g/mol. The van der Waals surface area contributed by atoms with Gasteiger partial charge in [-0.25, -0.2) is 4.79 Å². The van der Waals surface area contributed by atoms with E-state index in [1.165, 1.54) is 4.90 Å². The lowest BCUT2D eigenvalue weighted by molar-refractivity contribution is 0.256. The Balaban J connectivity index is 2.70. The van der Waals surface area contributed by atoms with E-state index < -0.39 is 6.03 Å². The summed E-state index contributed by atoms with van der Waals surface area (Å²) in [5.41, 5.74) is 7.29. The molecule has 20 heavy (non-hydrogen) atoms. The number of hydrogen-bond acceptors (Lipinski definition) is 2. The molecule has 0 aliphatic carbocycles. The summed E-state index contributed by atoms with van der Waals surface area (Å²) in [6, 6.07) is 11.1. The minimum absolute atomic E-state index is 0.241. The maximum Gasteiger partial charge on any atom is 0.323 e. The van der Waals surface area contributed by atoms with Crippen LogP contribution in [0.2, 0.25) is 5.02 Å². The van der Waals surface area contributed by atoms with Crippen molar-refractivity contribution < 1.29 is 9.59 Å². The number of rotatable bonds is 3. The second-order valence-electron chi connectivity index (χ2n) is 4.20. The number of aryl methyl sites for hydroxylation is 1. The first-order valence-corrected chi connectivity index (χ1v) is 6.26. The van der Waals surface area contributed by atoms with E-state index in [0.717, 1.165) is 5.56 Å². The number of urea groups is 1. The predicted molar refractivity (Wildman–Crippen MR) is 79.1 cm³/mol. The van der Waals surface area contributed by atoms with E-state index in [0.29, 0.717) is 16.4 Å². The fourth-order valence-corrected chi connectivity index (χ4v) is 2.32. The van der Waals surface area contributed by atoms with Crippen LogP contribution >= 0.6 is 11.6 Å². The van der Waals surface area contributed by atoms with Crippen LogP contribution in [0, 0.1) is 6.92 Å². The van der Waals surface area contributed by atoms with Gasteiger partial charge in [0.2, 0.25) is 6.29 Å². The molecule has 0 aliphatic rings. The first-order chi connectivity index (χ1) is 9.56. The summed E-state index contributed by atoms with van der Waals surface area (Å²) in [6.45, 7) is 1.81. The SMILES string of the molecule is Cc1cccc(Cl)c1N(C(N)=O)c1ccccc1[C]=O. The zero-order valence-electron chi connectivity index (χ0n) is 10.8. The lowest BCUT2D eigenvalue weighted by Gasteiger charge is -2.24. The number of benzene rings is 2. The Morgan fingerprint density at radius 1 is 1.20 bits per heavy atom. The van der Waals surface area contributed by atoms with Crippen molar-refractivity contribution in [1.29, 1.82) is 0 Å². The van der Waals surface area contributed by atoms with Crippen molar-refractivity contribution in [3.63, 3.8) is 0 Å². The molecule has 0 saturated carbocycles. The molecule has 2 rings (SSSR count). The van der Waals surface area contributed by atoms with Gasteiger partial charge in [-0.2, -0.15) is 0 Å². The topological polar surface area (TPSA) is 63.4 Å². The molecule has 2 aromatic rings. The Morgan fingerprint density at radius 3 is 2.50 bits per heavy atom. The molecule has 0 aromatic heterocycles. The number of anilines is 2. The first kappa shape index (κ1) is 14.1. The molecule has 0 spiro atoms. The van der Waals surface area contributed by atoms with Crippen LogP contribution in [0.15, 0.2) is 42.5 Å². The second kappa shape index (κ2) is 5.75. The molecule has 0 unspecified atom stereocenters. The quantitative estimate of drug-likeness (QED) is 0.941. The Labute approximate surface area is 121 Å². The molecule has 101 valence electrons. The highest BCUT2D eigenvalue weighted by Gasteiger charge is 2.22. The molecule has 4 nitrogen and oxygen atoms in total. The average molecular weight is 288 g/mol. The summed E-state index contributed by atoms with van der Waals surface area (Å²) in [6.07, 6.45) is 1.80. The fraction of sp³-hybridized carbons (Fsp3) is 0.0667. The van der Waals surface area contributed by atoms with Crippen molar-refractivity contribution in [1.82, 2.24) is 0 Å². The number of para-hydroxylation sites is 2. The molecule has 0 fully saturated rings. The number of nitrogens with zero attached hydrogens (tertiary/aromatic N) is 1. The van der Waals surface area contributed by atoms with Gasteiger partial charge in [0, 0.05) is 0 Å². The minimum atomic E-state index is -0.719. The number of primary amides is 1. The number of carbonyl (C=O) groups excluding carboxylic acids is 2. The molecule has 1 radical (unpaired) electrons. The van der Waals surface area contributed by atoms with E-state index in [4.69, 9.17) is 17.3 Å². The van der Waals surface area contributed by atoms with E-state index in [9.17, 15) is 9.59 Å². The number of amides is 2. The van der Waals surface area contributed by atoms with Crippen LogP contribution in [-0.2, 0) is 4.79 Å². The Kier molecular flexibility index (Phi) is 4.05. The summed E-state index contributed by atoms with van der Waals surface area (Å²) >= 11 is 6.17. The van der Waals surface area contributed by atoms with Crippen LogP contribution in [0.3, 0.4) is 0 Å². The van der Waals surface area contributed by atoms with E-state index in [1.807, 2.05) is 13.0 Å². The van der Waals surface area contributed by atoms with E-state index >= 15 is 0 Å².